The molecule has 0 saturated carbocycles. The number of aromatic hydroxyl groups is 2. The van der Waals surface area contributed by atoms with Crippen molar-refractivity contribution in [3.8, 4) is 34.1 Å². The molecule has 115 heavy (non-hydrogen) atoms. The number of aryl methyl sites for hydroxylation is 5. The van der Waals surface area contributed by atoms with Crippen LogP contribution in [-0.2, 0) is 117 Å². The first-order chi connectivity index (χ1) is 51.4. The molecule has 0 fully saturated rings. The number of alkyl halides is 24. The maximum Gasteiger partial charge on any atom is 0.498 e. The number of phenols is 2. The molecule has 0 saturated heterocycles. The number of phenolic OH excluding ortho intramolecular Hbond substituents is 2. The standard InChI is InChI=1S/C22H18F12O10S4.C18H16F6O5S2.C12H12F6O5S2.C10H15N/c1-9-3-11(7-15(45(37,38)19(23,24)25)46(39,40)20(26,27)28)17(35)13(5-9)14-6-10(2)4-12(18(14)36)8-16(47(41,42)21(29,30)31)48(43,44)22(32,33)34;1-12-7-8-15(29-11-13-5-3-2-4-6-13)14(9-12)10-16(30(25,26)17(19,20)21)31(27,28)18(22,23)24;1-7-3-4-9(23-2)8(5-7)6-10(24(19,20)11(13,14)15)25(21,22)12(16,17)18;1-4-9-5-7-10(8-6-9)11(2)3/h3-6,15-16,35-36H,7-8H2,1-2H3;2-9,16H,10-11H2,1H3;3-5,10H,6H2,1-2H3;5-8H,4H2,1-3H3/p+1. The Morgan fingerprint density at radius 2 is 0.583 bits per heavy atom. The largest absolute Gasteiger partial charge is 0.507 e. The van der Waals surface area contributed by atoms with Crippen molar-refractivity contribution < 1.29 is 197 Å². The molecule has 0 aliphatic heterocycles. The second kappa shape index (κ2) is 35.9. The van der Waals surface area contributed by atoms with Gasteiger partial charge in [-0.2, -0.15) is 105 Å². The summed E-state index contributed by atoms with van der Waals surface area (Å²) in [7, 11) is -50.5. The number of nitrogens with one attached hydrogen (secondary N) is 1. The van der Waals surface area contributed by atoms with E-state index in [1.54, 1.807) is 30.3 Å². The first-order valence-electron chi connectivity index (χ1n) is 30.8. The molecule has 6 aromatic carbocycles. The molecule has 0 spiro atoms. The molecule has 0 unspecified atom stereocenters. The molecule has 0 heterocycles. The van der Waals surface area contributed by atoms with Crippen LogP contribution in [0.25, 0.3) is 11.1 Å². The molecule has 0 amide bonds. The average molecular weight is 1850 g/mol. The van der Waals surface area contributed by atoms with Crippen molar-refractivity contribution in [1.82, 2.24) is 0 Å². The summed E-state index contributed by atoms with van der Waals surface area (Å²) in [4.78, 5) is 1.38. The second-order valence-corrected chi connectivity index (χ2v) is 42.5. The van der Waals surface area contributed by atoms with Crippen LogP contribution in [0.2, 0.25) is 0 Å². The number of methoxy groups -OCH3 is 1. The summed E-state index contributed by atoms with van der Waals surface area (Å²) < 4.78 is 496. The van der Waals surface area contributed by atoms with Crippen molar-refractivity contribution >= 4 is 84.4 Å². The van der Waals surface area contributed by atoms with Crippen molar-refractivity contribution in [2.45, 2.75) is 136 Å². The molecule has 650 valence electrons. The van der Waals surface area contributed by atoms with Gasteiger partial charge in [0.05, 0.1) is 21.2 Å². The summed E-state index contributed by atoms with van der Waals surface area (Å²) in [6.45, 7) is 6.84. The topological polar surface area (TPSA) is 336 Å². The molecule has 0 bridgehead atoms. The summed E-state index contributed by atoms with van der Waals surface area (Å²) in [5.74, 6) is -3.61. The summed E-state index contributed by atoms with van der Waals surface area (Å²) in [6, 6.07) is 26.8. The molecule has 6 rings (SSSR count). The van der Waals surface area contributed by atoms with Gasteiger partial charge in [-0.15, -0.1) is 0 Å². The number of quaternary nitrogens is 1. The quantitative estimate of drug-likeness (QED) is 0.0502. The molecular formula is C62H62F24NO20S8+. The van der Waals surface area contributed by atoms with Gasteiger partial charge < -0.3 is 24.6 Å². The van der Waals surface area contributed by atoms with Crippen molar-refractivity contribution in [2.24, 2.45) is 0 Å². The van der Waals surface area contributed by atoms with Crippen molar-refractivity contribution in [1.29, 1.82) is 0 Å². The van der Waals surface area contributed by atoms with E-state index in [4.69, 9.17) is 9.47 Å². The highest BCUT2D eigenvalue weighted by molar-refractivity contribution is 8.11. The lowest BCUT2D eigenvalue weighted by Crippen LogP contribution is -3.00. The van der Waals surface area contributed by atoms with Crippen LogP contribution in [0.3, 0.4) is 0 Å². The van der Waals surface area contributed by atoms with Crippen LogP contribution in [-0.4, -0.2) is 161 Å². The highest BCUT2D eigenvalue weighted by Gasteiger charge is 2.67. The minimum atomic E-state index is -7.24. The van der Waals surface area contributed by atoms with Crippen LogP contribution in [0, 0.1) is 27.7 Å². The summed E-state index contributed by atoms with van der Waals surface area (Å²) in [5, 5.41) is 21.5. The van der Waals surface area contributed by atoms with E-state index in [9.17, 15) is 183 Å². The summed E-state index contributed by atoms with van der Waals surface area (Å²) >= 11 is 0. The predicted octanol–water partition coefficient (Wildman–Crippen LogP) is 12.9. The van der Waals surface area contributed by atoms with Gasteiger partial charge in [-0.25, -0.2) is 67.3 Å². The van der Waals surface area contributed by atoms with Gasteiger partial charge in [0.25, 0.3) is 78.7 Å². The number of sulfone groups is 8. The van der Waals surface area contributed by atoms with E-state index in [0.717, 1.165) is 51.6 Å². The molecular weight excluding hydrogens is 1790 g/mol. The van der Waals surface area contributed by atoms with E-state index in [1.165, 1.54) is 54.3 Å². The first-order valence-corrected chi connectivity index (χ1v) is 43.1. The van der Waals surface area contributed by atoms with Crippen molar-refractivity contribution in [3.05, 3.63) is 171 Å². The Hall–Kier alpha value is -7.60. The third kappa shape index (κ3) is 23.7. The number of halogens is 24. The number of benzene rings is 6. The number of rotatable bonds is 23. The molecule has 0 atom stereocenters. The zero-order valence-electron chi connectivity index (χ0n) is 59.1. The fourth-order valence-corrected chi connectivity index (χ4v) is 23.3. The summed E-state index contributed by atoms with van der Waals surface area (Å²) in [6.07, 6.45) is -6.58. The Morgan fingerprint density at radius 1 is 0.330 bits per heavy atom. The third-order valence-corrected chi connectivity index (χ3v) is 33.8. The molecule has 3 N–H and O–H groups in total. The minimum Gasteiger partial charge on any atom is -0.507 e. The van der Waals surface area contributed by atoms with Gasteiger partial charge in [-0.05, 0) is 115 Å². The van der Waals surface area contributed by atoms with Gasteiger partial charge in [-0.3, -0.25) is 0 Å². The molecule has 0 aromatic heterocycles. The Morgan fingerprint density at radius 3 is 0.835 bits per heavy atom. The maximum absolute atomic E-state index is 13.2. The van der Waals surface area contributed by atoms with Gasteiger partial charge >= 0.3 is 44.1 Å². The Labute approximate surface area is 640 Å². The zero-order chi connectivity index (χ0) is 89.8. The monoisotopic (exact) mass is 1850 g/mol. The Kier molecular flexibility index (Phi) is 31.7. The van der Waals surface area contributed by atoms with Crippen LogP contribution in [0.5, 0.6) is 23.0 Å². The predicted molar refractivity (Wildman–Crippen MR) is 362 cm³/mol. The summed E-state index contributed by atoms with van der Waals surface area (Å²) in [5.41, 5.74) is -53.2. The zero-order valence-corrected chi connectivity index (χ0v) is 65.6. The molecule has 0 aliphatic carbocycles. The van der Waals surface area contributed by atoms with Gasteiger partial charge in [0.2, 0.25) is 0 Å². The lowest BCUT2D eigenvalue weighted by Gasteiger charge is -2.23. The fourth-order valence-electron chi connectivity index (χ4n) is 9.77. The van der Waals surface area contributed by atoms with Crippen molar-refractivity contribution in [2.75, 3.05) is 21.2 Å². The van der Waals surface area contributed by atoms with E-state index in [1.807, 2.05) is 0 Å². The highest BCUT2D eigenvalue weighted by atomic mass is 32.3. The van der Waals surface area contributed by atoms with E-state index in [0.29, 0.717) is 28.8 Å². The molecule has 21 nitrogen and oxygen atoms in total. The normalized spacial score (nSPS) is 13.7. The lowest BCUT2D eigenvalue weighted by molar-refractivity contribution is -0.786. The fraction of sp³-hybridized carbons (Fsp3) is 0.419. The van der Waals surface area contributed by atoms with E-state index in [-0.39, 0.29) is 29.2 Å². The minimum absolute atomic E-state index is 0.139. The van der Waals surface area contributed by atoms with Gasteiger partial charge in [0, 0.05) is 36.8 Å². The average Bonchev–Trinajstić information content (AvgIpc) is 0.763. The van der Waals surface area contributed by atoms with Crippen LogP contribution >= 0.6 is 0 Å². The van der Waals surface area contributed by atoms with Crippen LogP contribution in [0.15, 0.2) is 115 Å². The highest BCUT2D eigenvalue weighted by Crippen LogP contribution is 2.48. The van der Waals surface area contributed by atoms with Gasteiger partial charge in [0.1, 0.15) is 35.3 Å². The third-order valence-electron chi connectivity index (χ3n) is 15.7. The first kappa shape index (κ1) is 102. The SMILES string of the molecule is CCc1ccc([NH+](C)C)cc1.COc1ccc(C)cc1CC(S(=O)(=O)C(F)(F)F)S(=O)(=O)C(F)(F)F.Cc1cc(CC(S(=O)(=O)C(F)(F)F)S(=O)(=O)C(F)(F)F)c(O)c(-c2cc(C)cc(CC(S(=O)(=O)C(F)(F)F)S(=O)(=O)C(F)(F)F)c2O)c1.Cc1ccc(OCc2ccccc2)c(CC(S(=O)(=O)C(F)(F)F)S(=O)(=O)C(F)(F)F)c1. The van der Waals surface area contributed by atoms with E-state index in [2.05, 4.69) is 45.3 Å². The van der Waals surface area contributed by atoms with Gasteiger partial charge in [0.15, 0.2) is 18.3 Å². The lowest BCUT2D eigenvalue weighted by atomic mass is 9.93. The van der Waals surface area contributed by atoms with E-state index >= 15 is 0 Å². The number of ether oxygens (including phenoxy) is 2. The Balaban J connectivity index is 0.000000438. The van der Waals surface area contributed by atoms with Crippen LogP contribution in [0.1, 0.15) is 62.6 Å². The maximum atomic E-state index is 13.2. The van der Waals surface area contributed by atoms with Gasteiger partial charge in [-0.1, -0.05) is 96.9 Å². The molecule has 53 heteroatoms. The van der Waals surface area contributed by atoms with E-state index < -0.39 is 212 Å². The Bertz CT molecular complexity index is 5100. The molecule has 6 aromatic rings. The second-order valence-electron chi connectivity index (χ2n) is 24.4. The number of hydrogen-bond acceptors (Lipinski definition) is 20. The van der Waals surface area contributed by atoms with Crippen LogP contribution in [0.4, 0.5) is 111 Å². The van der Waals surface area contributed by atoms with Crippen LogP contribution < -0.4 is 14.4 Å². The smallest absolute Gasteiger partial charge is 0.498 e. The van der Waals surface area contributed by atoms with Crippen molar-refractivity contribution in [3.63, 3.8) is 0 Å². The number of hydrogen-bond donors (Lipinski definition) is 3. The molecule has 0 radical (unpaired) electrons. The molecule has 0 aliphatic rings.